The van der Waals surface area contributed by atoms with E-state index in [2.05, 4.69) is 5.32 Å². The van der Waals surface area contributed by atoms with Crippen molar-refractivity contribution < 1.29 is 9.59 Å². The molecule has 10 heavy (non-hydrogen) atoms. The van der Waals surface area contributed by atoms with E-state index in [9.17, 15) is 9.59 Å². The first-order valence-corrected chi connectivity index (χ1v) is 3.16. The fraction of sp³-hybridized carbons (Fsp3) is 0.667. The van der Waals surface area contributed by atoms with Gasteiger partial charge in [0.15, 0.2) is 0 Å². The van der Waals surface area contributed by atoms with Crippen molar-refractivity contribution >= 4 is 19.5 Å². The SMILES string of the molecule is BC(C)(C(C)=O)C(=O)NC. The van der Waals surface area contributed by atoms with Gasteiger partial charge in [-0.05, 0) is 6.92 Å². The molecule has 56 valence electrons. The Morgan fingerprint density at radius 2 is 1.90 bits per heavy atom. The average Bonchev–Trinajstić information content (AvgIpc) is 1.86. The molecule has 1 unspecified atom stereocenters. The molecule has 0 fully saturated rings. The second kappa shape index (κ2) is 2.86. The van der Waals surface area contributed by atoms with Gasteiger partial charge >= 0.3 is 0 Å². The molecule has 1 N–H and O–H groups in total. The summed E-state index contributed by atoms with van der Waals surface area (Å²) in [7, 11) is 3.13. The largest absolute Gasteiger partial charge is 0.359 e. The number of carbonyl (C=O) groups is 2. The van der Waals surface area contributed by atoms with Crippen LogP contribution in [0.15, 0.2) is 0 Å². The van der Waals surface area contributed by atoms with Gasteiger partial charge in [-0.1, -0.05) is 6.92 Å². The van der Waals surface area contributed by atoms with Gasteiger partial charge in [0.2, 0.25) is 5.91 Å². The summed E-state index contributed by atoms with van der Waals surface area (Å²) in [5.41, 5.74) is 0. The number of carbonyl (C=O) groups excluding carboxylic acids is 2. The van der Waals surface area contributed by atoms with Crippen LogP contribution >= 0.6 is 0 Å². The third kappa shape index (κ3) is 1.59. The number of amides is 1. The first-order chi connectivity index (χ1) is 4.42. The Hall–Kier alpha value is -0.795. The summed E-state index contributed by atoms with van der Waals surface area (Å²) < 4.78 is 0. The minimum absolute atomic E-state index is 0.119. The molecule has 0 rings (SSSR count). The maximum atomic E-state index is 10.9. The Bertz CT molecular complexity index is 165. The van der Waals surface area contributed by atoms with Crippen LogP contribution in [-0.2, 0) is 9.59 Å². The van der Waals surface area contributed by atoms with Crippen molar-refractivity contribution in [2.75, 3.05) is 7.05 Å². The molecule has 0 aliphatic rings. The van der Waals surface area contributed by atoms with Crippen LogP contribution in [0.1, 0.15) is 13.8 Å². The molecule has 1 amide bonds. The summed E-state index contributed by atoms with van der Waals surface area (Å²) in [6.07, 6.45) is 0. The normalized spacial score (nSPS) is 15.5. The molecule has 1 atom stereocenters. The predicted octanol–water partition coefficient (Wildman–Crippen LogP) is -0.867. The highest BCUT2D eigenvalue weighted by atomic mass is 16.2. The first kappa shape index (κ1) is 9.20. The highest BCUT2D eigenvalue weighted by Gasteiger charge is 2.31. The fourth-order valence-corrected chi connectivity index (χ4v) is 0.472. The van der Waals surface area contributed by atoms with Gasteiger partial charge in [-0.25, -0.2) is 0 Å². The maximum Gasteiger partial charge on any atom is 0.224 e. The van der Waals surface area contributed by atoms with Crippen LogP contribution in [0.3, 0.4) is 0 Å². The second-order valence-electron chi connectivity index (χ2n) is 2.76. The van der Waals surface area contributed by atoms with Crippen LogP contribution in [0.2, 0.25) is 5.31 Å². The molecule has 0 saturated carbocycles. The number of hydrogen-bond acceptors (Lipinski definition) is 2. The molecule has 0 radical (unpaired) electrons. The highest BCUT2D eigenvalue weighted by molar-refractivity contribution is 6.40. The van der Waals surface area contributed by atoms with Crippen LogP contribution in [0.25, 0.3) is 0 Å². The summed E-state index contributed by atoms with van der Waals surface area (Å²) in [6.45, 7) is 3.02. The van der Waals surface area contributed by atoms with E-state index in [1.807, 2.05) is 0 Å². The van der Waals surface area contributed by atoms with Crippen molar-refractivity contribution in [1.82, 2.24) is 5.32 Å². The van der Waals surface area contributed by atoms with Gasteiger partial charge in [0.25, 0.3) is 0 Å². The van der Waals surface area contributed by atoms with Gasteiger partial charge in [-0.3, -0.25) is 9.59 Å². The molecule has 4 heteroatoms. The average molecular weight is 141 g/mol. The summed E-state index contributed by atoms with van der Waals surface area (Å²) in [5.74, 6) is -0.355. The lowest BCUT2D eigenvalue weighted by Gasteiger charge is -2.17. The van der Waals surface area contributed by atoms with E-state index >= 15 is 0 Å². The molecule has 0 bridgehead atoms. The van der Waals surface area contributed by atoms with Crippen LogP contribution in [0, 0.1) is 0 Å². The molecule has 0 aromatic rings. The van der Waals surface area contributed by atoms with Crippen molar-refractivity contribution in [2.24, 2.45) is 0 Å². The standard InChI is InChI=1S/C6H12BNO2/c1-4(9)6(2,7)5(10)8-3/h7H2,1-3H3,(H,8,10). The van der Waals surface area contributed by atoms with Gasteiger partial charge in [-0.2, -0.15) is 0 Å². The number of hydrogen-bond donors (Lipinski definition) is 1. The van der Waals surface area contributed by atoms with E-state index < -0.39 is 5.31 Å². The Labute approximate surface area is 61.6 Å². The molecular weight excluding hydrogens is 129 g/mol. The lowest BCUT2D eigenvalue weighted by molar-refractivity contribution is -0.130. The number of nitrogens with one attached hydrogen (secondary N) is 1. The minimum atomic E-state index is -0.880. The van der Waals surface area contributed by atoms with Crippen molar-refractivity contribution in [1.29, 1.82) is 0 Å². The summed E-state index contributed by atoms with van der Waals surface area (Å²) in [6, 6.07) is 0. The maximum absolute atomic E-state index is 10.9. The monoisotopic (exact) mass is 141 g/mol. The Morgan fingerprint density at radius 1 is 1.50 bits per heavy atom. The highest BCUT2D eigenvalue weighted by Crippen LogP contribution is 2.20. The van der Waals surface area contributed by atoms with Crippen LogP contribution in [-0.4, -0.2) is 26.6 Å². The van der Waals surface area contributed by atoms with E-state index in [0.29, 0.717) is 0 Å². The quantitative estimate of drug-likeness (QED) is 0.401. The Morgan fingerprint density at radius 3 is 2.00 bits per heavy atom. The molecule has 0 aliphatic carbocycles. The molecule has 0 saturated heterocycles. The van der Waals surface area contributed by atoms with Gasteiger partial charge in [0, 0.05) is 7.05 Å². The van der Waals surface area contributed by atoms with E-state index in [4.69, 9.17) is 0 Å². The van der Waals surface area contributed by atoms with E-state index in [-0.39, 0.29) is 11.7 Å². The van der Waals surface area contributed by atoms with E-state index in [1.165, 1.54) is 14.0 Å². The number of rotatable bonds is 2. The predicted molar refractivity (Wildman–Crippen MR) is 41.7 cm³/mol. The zero-order chi connectivity index (χ0) is 8.36. The third-order valence-corrected chi connectivity index (χ3v) is 1.67. The summed E-state index contributed by atoms with van der Waals surface area (Å²) in [5, 5.41) is 1.55. The fourth-order valence-electron chi connectivity index (χ4n) is 0.472. The summed E-state index contributed by atoms with van der Waals surface area (Å²) >= 11 is 0. The molecule has 0 aliphatic heterocycles. The lowest BCUT2D eigenvalue weighted by atomic mass is 9.67. The van der Waals surface area contributed by atoms with Gasteiger partial charge in [0.05, 0.1) is 5.31 Å². The van der Waals surface area contributed by atoms with Crippen LogP contribution in [0.5, 0.6) is 0 Å². The zero-order valence-corrected chi connectivity index (χ0v) is 6.82. The molecule has 0 aromatic heterocycles. The smallest absolute Gasteiger partial charge is 0.224 e. The topological polar surface area (TPSA) is 46.2 Å². The Kier molecular flexibility index (Phi) is 2.63. The first-order valence-electron chi connectivity index (χ1n) is 3.16. The number of Topliss-reactive ketones (excluding diaryl/α,β-unsaturated/α-hetero) is 1. The van der Waals surface area contributed by atoms with Crippen molar-refractivity contribution in [3.63, 3.8) is 0 Å². The zero-order valence-electron chi connectivity index (χ0n) is 6.82. The van der Waals surface area contributed by atoms with E-state index in [1.54, 1.807) is 14.8 Å². The minimum Gasteiger partial charge on any atom is -0.359 e. The molecular formula is C6H12BNO2. The van der Waals surface area contributed by atoms with E-state index in [0.717, 1.165) is 0 Å². The van der Waals surface area contributed by atoms with Crippen molar-refractivity contribution in [2.45, 2.75) is 19.2 Å². The van der Waals surface area contributed by atoms with Crippen molar-refractivity contribution in [3.05, 3.63) is 0 Å². The molecule has 0 aromatic carbocycles. The van der Waals surface area contributed by atoms with Gasteiger partial charge in [-0.15, -0.1) is 0 Å². The summed E-state index contributed by atoms with van der Waals surface area (Å²) in [4.78, 5) is 21.7. The molecule has 0 heterocycles. The Balaban J connectivity index is 4.40. The van der Waals surface area contributed by atoms with Crippen LogP contribution < -0.4 is 5.32 Å². The van der Waals surface area contributed by atoms with Gasteiger partial charge < -0.3 is 5.32 Å². The van der Waals surface area contributed by atoms with Crippen LogP contribution in [0.4, 0.5) is 0 Å². The van der Waals surface area contributed by atoms with Crippen molar-refractivity contribution in [3.8, 4) is 0 Å². The third-order valence-electron chi connectivity index (χ3n) is 1.67. The lowest BCUT2D eigenvalue weighted by Crippen LogP contribution is -2.36. The number of ketones is 1. The second-order valence-corrected chi connectivity index (χ2v) is 2.76. The molecule has 3 nitrogen and oxygen atoms in total. The molecule has 0 spiro atoms. The van der Waals surface area contributed by atoms with Gasteiger partial charge in [0.1, 0.15) is 13.6 Å².